The molecule has 3 atom stereocenters. The van der Waals surface area contributed by atoms with E-state index >= 15 is 0 Å². The maximum Gasteiger partial charge on any atom is 0.309 e. The minimum atomic E-state index is -1.02. The highest BCUT2D eigenvalue weighted by Gasteiger charge is 2.45. The fraction of sp³-hybridized carbons (Fsp3) is 0.750. The lowest BCUT2D eigenvalue weighted by Gasteiger charge is -2.17. The largest absolute Gasteiger partial charge is 0.481 e. The average Bonchev–Trinajstić information content (AvgIpc) is 2.28. The highest BCUT2D eigenvalue weighted by atomic mass is 16.4. The minimum absolute atomic E-state index is 0.210. The zero-order valence-electron chi connectivity index (χ0n) is 7.60. The summed E-state index contributed by atoms with van der Waals surface area (Å²) in [6, 6.07) is -0.210. The Hall–Kier alpha value is -1.10. The van der Waals surface area contributed by atoms with Crippen molar-refractivity contribution in [2.45, 2.75) is 13.0 Å². The SMILES string of the molecule is CC1C(C(=O)O)C(C(=O)O)CN1C. The molecule has 0 aliphatic carbocycles. The topological polar surface area (TPSA) is 77.8 Å². The smallest absolute Gasteiger partial charge is 0.309 e. The van der Waals surface area contributed by atoms with Gasteiger partial charge in [-0.3, -0.25) is 9.59 Å². The maximum atomic E-state index is 10.8. The zero-order chi connectivity index (χ0) is 10.2. The second-order valence-corrected chi connectivity index (χ2v) is 3.49. The number of likely N-dealkylation sites (tertiary alicyclic amines) is 1. The van der Waals surface area contributed by atoms with Gasteiger partial charge in [-0.25, -0.2) is 0 Å². The van der Waals surface area contributed by atoms with Gasteiger partial charge >= 0.3 is 11.9 Å². The first kappa shape index (κ1) is 9.98. The first-order valence-electron chi connectivity index (χ1n) is 4.11. The quantitative estimate of drug-likeness (QED) is 0.621. The molecule has 0 spiro atoms. The number of carbonyl (C=O) groups is 2. The lowest BCUT2D eigenvalue weighted by Crippen LogP contribution is -2.33. The van der Waals surface area contributed by atoms with Gasteiger partial charge in [0.15, 0.2) is 0 Å². The van der Waals surface area contributed by atoms with E-state index < -0.39 is 23.8 Å². The van der Waals surface area contributed by atoms with Crippen molar-refractivity contribution in [2.24, 2.45) is 11.8 Å². The number of aliphatic carboxylic acids is 2. The molecule has 5 nitrogen and oxygen atoms in total. The molecule has 1 aliphatic rings. The summed E-state index contributed by atoms with van der Waals surface area (Å²) in [7, 11) is 1.74. The van der Waals surface area contributed by atoms with Crippen molar-refractivity contribution in [3.05, 3.63) is 0 Å². The monoisotopic (exact) mass is 187 g/mol. The number of hydrogen-bond donors (Lipinski definition) is 2. The molecule has 0 aromatic carbocycles. The summed E-state index contributed by atoms with van der Waals surface area (Å²) in [5, 5.41) is 17.6. The van der Waals surface area contributed by atoms with Crippen molar-refractivity contribution in [3.8, 4) is 0 Å². The van der Waals surface area contributed by atoms with Gasteiger partial charge in [0.2, 0.25) is 0 Å². The van der Waals surface area contributed by atoms with E-state index in [1.807, 2.05) is 0 Å². The van der Waals surface area contributed by atoms with Crippen LogP contribution < -0.4 is 0 Å². The second kappa shape index (κ2) is 3.33. The summed E-state index contributed by atoms with van der Waals surface area (Å²) in [5.74, 6) is -3.62. The highest BCUT2D eigenvalue weighted by molar-refractivity contribution is 5.81. The van der Waals surface area contributed by atoms with Gasteiger partial charge in [-0.1, -0.05) is 0 Å². The van der Waals surface area contributed by atoms with Crippen LogP contribution in [0.15, 0.2) is 0 Å². The van der Waals surface area contributed by atoms with Crippen molar-refractivity contribution in [1.82, 2.24) is 4.90 Å². The molecule has 3 unspecified atom stereocenters. The molecule has 0 bridgehead atoms. The van der Waals surface area contributed by atoms with Crippen LogP contribution in [0.5, 0.6) is 0 Å². The molecule has 2 N–H and O–H groups in total. The minimum Gasteiger partial charge on any atom is -0.481 e. The molecule has 1 rings (SSSR count). The summed E-state index contributed by atoms with van der Waals surface area (Å²) in [6.45, 7) is 2.05. The summed E-state index contributed by atoms with van der Waals surface area (Å²) in [4.78, 5) is 23.3. The van der Waals surface area contributed by atoms with Gasteiger partial charge in [-0.15, -0.1) is 0 Å². The molecule has 0 saturated carbocycles. The summed E-state index contributed by atoms with van der Waals surface area (Å²) >= 11 is 0. The van der Waals surface area contributed by atoms with Crippen LogP contribution in [-0.2, 0) is 9.59 Å². The fourth-order valence-electron chi connectivity index (χ4n) is 1.81. The van der Waals surface area contributed by atoms with Crippen molar-refractivity contribution in [2.75, 3.05) is 13.6 Å². The molecular formula is C8H13NO4. The van der Waals surface area contributed by atoms with Gasteiger partial charge in [0.1, 0.15) is 0 Å². The number of carboxylic acid groups (broad SMARTS) is 2. The van der Waals surface area contributed by atoms with Crippen LogP contribution in [0.3, 0.4) is 0 Å². The predicted molar refractivity (Wildman–Crippen MR) is 44.3 cm³/mol. The molecule has 74 valence electrons. The zero-order valence-corrected chi connectivity index (χ0v) is 7.60. The van der Waals surface area contributed by atoms with E-state index in [-0.39, 0.29) is 6.04 Å². The Labute approximate surface area is 76.0 Å². The Bertz CT molecular complexity index is 240. The van der Waals surface area contributed by atoms with Crippen LogP contribution in [0.1, 0.15) is 6.92 Å². The Balaban J connectivity index is 2.86. The Morgan fingerprint density at radius 1 is 1.31 bits per heavy atom. The maximum absolute atomic E-state index is 10.8. The van der Waals surface area contributed by atoms with E-state index in [4.69, 9.17) is 10.2 Å². The second-order valence-electron chi connectivity index (χ2n) is 3.49. The van der Waals surface area contributed by atoms with Crippen LogP contribution in [0.25, 0.3) is 0 Å². The average molecular weight is 187 g/mol. The standard InChI is InChI=1S/C8H13NO4/c1-4-6(8(12)13)5(7(10)11)3-9(4)2/h4-6H,3H2,1-2H3,(H,10,11)(H,12,13). The summed E-state index contributed by atoms with van der Waals surface area (Å²) < 4.78 is 0. The van der Waals surface area contributed by atoms with Crippen LogP contribution in [-0.4, -0.2) is 46.7 Å². The Morgan fingerprint density at radius 2 is 1.85 bits per heavy atom. The molecule has 0 amide bonds. The third-order valence-electron chi connectivity index (χ3n) is 2.74. The number of nitrogens with zero attached hydrogens (tertiary/aromatic N) is 1. The van der Waals surface area contributed by atoms with Gasteiger partial charge in [-0.2, -0.15) is 0 Å². The third-order valence-corrected chi connectivity index (χ3v) is 2.74. The lowest BCUT2D eigenvalue weighted by molar-refractivity contribution is -0.152. The molecule has 1 saturated heterocycles. The molecule has 5 heteroatoms. The molecule has 1 fully saturated rings. The normalized spacial score (nSPS) is 34.8. The first-order valence-corrected chi connectivity index (χ1v) is 4.11. The van der Waals surface area contributed by atoms with Gasteiger partial charge in [0.05, 0.1) is 11.8 Å². The van der Waals surface area contributed by atoms with Crippen molar-refractivity contribution < 1.29 is 19.8 Å². The first-order chi connectivity index (χ1) is 5.95. The summed E-state index contributed by atoms with van der Waals surface area (Å²) in [6.07, 6.45) is 0. The van der Waals surface area contributed by atoms with Crippen molar-refractivity contribution >= 4 is 11.9 Å². The van der Waals surface area contributed by atoms with Crippen molar-refractivity contribution in [3.63, 3.8) is 0 Å². The molecule has 0 radical (unpaired) electrons. The Morgan fingerprint density at radius 3 is 2.15 bits per heavy atom. The van der Waals surface area contributed by atoms with Crippen LogP contribution in [0.4, 0.5) is 0 Å². The van der Waals surface area contributed by atoms with Gasteiger partial charge in [0, 0.05) is 12.6 Å². The molecule has 1 heterocycles. The predicted octanol–water partition coefficient (Wildman–Crippen LogP) is -0.278. The van der Waals surface area contributed by atoms with Crippen LogP contribution >= 0.6 is 0 Å². The van der Waals surface area contributed by atoms with Gasteiger partial charge in [-0.05, 0) is 14.0 Å². The third kappa shape index (κ3) is 1.65. The van der Waals surface area contributed by atoms with E-state index in [1.54, 1.807) is 18.9 Å². The Kier molecular flexibility index (Phi) is 2.56. The number of hydrogen-bond acceptors (Lipinski definition) is 3. The number of rotatable bonds is 2. The molecular weight excluding hydrogens is 174 g/mol. The summed E-state index contributed by atoms with van der Waals surface area (Å²) in [5.41, 5.74) is 0. The van der Waals surface area contributed by atoms with Gasteiger partial charge in [0.25, 0.3) is 0 Å². The highest BCUT2D eigenvalue weighted by Crippen LogP contribution is 2.28. The van der Waals surface area contributed by atoms with E-state index in [1.165, 1.54) is 0 Å². The van der Waals surface area contributed by atoms with E-state index in [9.17, 15) is 9.59 Å². The molecule has 0 aromatic heterocycles. The number of carboxylic acids is 2. The van der Waals surface area contributed by atoms with E-state index in [2.05, 4.69) is 0 Å². The lowest BCUT2D eigenvalue weighted by atomic mass is 9.92. The molecule has 1 aliphatic heterocycles. The fourth-order valence-corrected chi connectivity index (χ4v) is 1.81. The van der Waals surface area contributed by atoms with Crippen molar-refractivity contribution in [1.29, 1.82) is 0 Å². The van der Waals surface area contributed by atoms with E-state index in [0.29, 0.717) is 6.54 Å². The van der Waals surface area contributed by atoms with E-state index in [0.717, 1.165) is 0 Å². The van der Waals surface area contributed by atoms with Crippen LogP contribution in [0, 0.1) is 11.8 Å². The molecule has 13 heavy (non-hydrogen) atoms. The molecule has 0 aromatic rings. The van der Waals surface area contributed by atoms with Crippen LogP contribution in [0.2, 0.25) is 0 Å². The van der Waals surface area contributed by atoms with Gasteiger partial charge < -0.3 is 15.1 Å².